The van der Waals surface area contributed by atoms with Crippen molar-refractivity contribution in [2.75, 3.05) is 12.3 Å². The van der Waals surface area contributed by atoms with Gasteiger partial charge >= 0.3 is 0 Å². The van der Waals surface area contributed by atoms with Gasteiger partial charge in [0.25, 0.3) is 5.22 Å². The molecule has 0 aliphatic heterocycles. The normalized spacial score (nSPS) is 10.5. The molecule has 2 aromatic rings. The van der Waals surface area contributed by atoms with E-state index in [0.717, 1.165) is 12.8 Å². The molecule has 0 saturated heterocycles. The largest absolute Gasteiger partial charge is 0.415 e. The fourth-order valence-corrected chi connectivity index (χ4v) is 2.33. The van der Waals surface area contributed by atoms with Crippen molar-refractivity contribution in [3.8, 4) is 0 Å². The van der Waals surface area contributed by atoms with Gasteiger partial charge in [0, 0.05) is 6.54 Å². The van der Waals surface area contributed by atoms with E-state index in [1.807, 2.05) is 18.2 Å². The summed E-state index contributed by atoms with van der Waals surface area (Å²) in [7, 11) is 0. The third-order valence-electron chi connectivity index (χ3n) is 2.76. The Morgan fingerprint density at radius 2 is 2.10 bits per heavy atom. The van der Waals surface area contributed by atoms with E-state index in [1.165, 1.54) is 17.3 Å². The van der Waals surface area contributed by atoms with Crippen molar-refractivity contribution in [1.82, 2.24) is 15.5 Å². The maximum atomic E-state index is 11.7. The number of aromatic nitrogens is 2. The first-order valence-corrected chi connectivity index (χ1v) is 7.72. The van der Waals surface area contributed by atoms with Crippen LogP contribution in [-0.2, 0) is 17.8 Å². The number of nitrogens with two attached hydrogens (primary N) is 1. The van der Waals surface area contributed by atoms with Crippen LogP contribution in [0.4, 0.5) is 0 Å². The molecule has 3 N–H and O–H groups in total. The average molecular weight is 306 g/mol. The molecule has 0 radical (unpaired) electrons. The Balaban J connectivity index is 1.59. The lowest BCUT2D eigenvalue weighted by Crippen LogP contribution is -2.26. The van der Waals surface area contributed by atoms with Crippen LogP contribution in [0.1, 0.15) is 17.9 Å². The molecule has 112 valence electrons. The zero-order chi connectivity index (χ0) is 14.9. The van der Waals surface area contributed by atoms with E-state index in [4.69, 9.17) is 10.2 Å². The van der Waals surface area contributed by atoms with Crippen molar-refractivity contribution in [2.24, 2.45) is 5.73 Å². The second-order valence-corrected chi connectivity index (χ2v) is 5.32. The van der Waals surface area contributed by atoms with Crippen LogP contribution in [-0.4, -0.2) is 28.4 Å². The van der Waals surface area contributed by atoms with Crippen molar-refractivity contribution in [2.45, 2.75) is 24.6 Å². The molecule has 1 heterocycles. The second kappa shape index (κ2) is 8.43. The first-order valence-electron chi connectivity index (χ1n) is 6.74. The van der Waals surface area contributed by atoms with Crippen LogP contribution in [0, 0.1) is 0 Å². The predicted molar refractivity (Wildman–Crippen MR) is 80.7 cm³/mol. The highest BCUT2D eigenvalue weighted by molar-refractivity contribution is 7.99. The number of hydrogen-bond acceptors (Lipinski definition) is 6. The van der Waals surface area contributed by atoms with Gasteiger partial charge in [0.05, 0.1) is 12.3 Å². The second-order valence-electron chi connectivity index (χ2n) is 4.39. The number of amides is 1. The fourth-order valence-electron chi connectivity index (χ4n) is 1.72. The third-order valence-corrected chi connectivity index (χ3v) is 3.58. The van der Waals surface area contributed by atoms with Gasteiger partial charge < -0.3 is 15.5 Å². The van der Waals surface area contributed by atoms with Crippen LogP contribution in [0.2, 0.25) is 0 Å². The van der Waals surface area contributed by atoms with Crippen molar-refractivity contribution >= 4 is 17.7 Å². The Morgan fingerprint density at radius 1 is 1.29 bits per heavy atom. The summed E-state index contributed by atoms with van der Waals surface area (Å²) in [5.41, 5.74) is 6.64. The number of carbonyl (C=O) groups excluding carboxylic acids is 1. The van der Waals surface area contributed by atoms with Gasteiger partial charge in [-0.1, -0.05) is 42.1 Å². The van der Waals surface area contributed by atoms with Gasteiger partial charge in [-0.2, -0.15) is 0 Å². The van der Waals surface area contributed by atoms with Gasteiger partial charge in [-0.05, 0) is 18.4 Å². The molecular formula is C14H18N4O2S. The Hall–Kier alpha value is -1.86. The Bertz CT molecular complexity index is 559. The highest BCUT2D eigenvalue weighted by Gasteiger charge is 2.08. The summed E-state index contributed by atoms with van der Waals surface area (Å²) in [5.74, 6) is 0.596. The van der Waals surface area contributed by atoms with E-state index in [0.29, 0.717) is 17.7 Å². The topological polar surface area (TPSA) is 94.0 Å². The summed E-state index contributed by atoms with van der Waals surface area (Å²) in [5, 5.41) is 10.7. The molecule has 21 heavy (non-hydrogen) atoms. The minimum atomic E-state index is -0.0411. The van der Waals surface area contributed by atoms with Crippen molar-refractivity contribution in [3.05, 3.63) is 41.8 Å². The number of nitrogens with one attached hydrogen (secondary N) is 1. The zero-order valence-corrected chi connectivity index (χ0v) is 12.4. The molecule has 0 fully saturated rings. The fraction of sp³-hybridized carbons (Fsp3) is 0.357. The number of rotatable bonds is 8. The van der Waals surface area contributed by atoms with E-state index < -0.39 is 0 Å². The minimum Gasteiger partial charge on any atom is -0.415 e. The molecule has 2 rings (SSSR count). The average Bonchev–Trinajstić information content (AvgIpc) is 2.99. The molecule has 0 spiro atoms. The molecule has 7 heteroatoms. The predicted octanol–water partition coefficient (Wildman–Crippen LogP) is 1.37. The lowest BCUT2D eigenvalue weighted by molar-refractivity contribution is -0.118. The van der Waals surface area contributed by atoms with Crippen LogP contribution in [0.3, 0.4) is 0 Å². The van der Waals surface area contributed by atoms with E-state index in [9.17, 15) is 4.79 Å². The molecule has 0 atom stereocenters. The molecule has 0 bridgehead atoms. The highest BCUT2D eigenvalue weighted by Crippen LogP contribution is 2.15. The lowest BCUT2D eigenvalue weighted by Gasteiger charge is -2.04. The van der Waals surface area contributed by atoms with Crippen LogP contribution < -0.4 is 11.1 Å². The van der Waals surface area contributed by atoms with E-state index in [2.05, 4.69) is 27.6 Å². The smallest absolute Gasteiger partial charge is 0.277 e. The molecule has 0 aliphatic rings. The summed E-state index contributed by atoms with van der Waals surface area (Å²) in [6, 6.07) is 10.2. The standard InChI is InChI=1S/C14H18N4O2S/c15-9-13-17-18-14(20-13)21-10-12(19)16-8-4-7-11-5-2-1-3-6-11/h1-3,5-6H,4,7-10,15H2,(H,16,19). The number of aryl methyl sites for hydroxylation is 1. The number of hydrogen-bond donors (Lipinski definition) is 2. The van der Waals surface area contributed by atoms with Crippen molar-refractivity contribution < 1.29 is 9.21 Å². The van der Waals surface area contributed by atoms with Gasteiger partial charge in [0.1, 0.15) is 0 Å². The summed E-state index contributed by atoms with van der Waals surface area (Å²) in [6.07, 6.45) is 1.87. The van der Waals surface area contributed by atoms with E-state index in [-0.39, 0.29) is 18.2 Å². The van der Waals surface area contributed by atoms with Gasteiger partial charge in [-0.15, -0.1) is 10.2 Å². The minimum absolute atomic E-state index is 0.0411. The molecule has 1 aromatic carbocycles. The first-order chi connectivity index (χ1) is 10.3. The van der Waals surface area contributed by atoms with Gasteiger partial charge in [0.2, 0.25) is 11.8 Å². The summed E-state index contributed by atoms with van der Waals surface area (Å²) < 4.78 is 5.20. The van der Waals surface area contributed by atoms with Gasteiger partial charge in [-0.25, -0.2) is 0 Å². The quantitative estimate of drug-likeness (QED) is 0.565. The zero-order valence-electron chi connectivity index (χ0n) is 11.6. The Kier molecular flexibility index (Phi) is 6.23. The Labute approximate surface area is 127 Å². The summed E-state index contributed by atoms with van der Waals surface area (Å²) >= 11 is 1.21. The number of benzene rings is 1. The number of carbonyl (C=O) groups is 1. The van der Waals surface area contributed by atoms with Gasteiger partial charge in [-0.3, -0.25) is 4.79 Å². The Morgan fingerprint density at radius 3 is 2.81 bits per heavy atom. The van der Waals surface area contributed by atoms with Crippen molar-refractivity contribution in [3.63, 3.8) is 0 Å². The van der Waals surface area contributed by atoms with Crippen LogP contribution >= 0.6 is 11.8 Å². The maximum Gasteiger partial charge on any atom is 0.277 e. The molecular weight excluding hydrogens is 288 g/mol. The summed E-state index contributed by atoms with van der Waals surface area (Å²) in [4.78, 5) is 11.7. The van der Waals surface area contributed by atoms with E-state index >= 15 is 0 Å². The highest BCUT2D eigenvalue weighted by atomic mass is 32.2. The SMILES string of the molecule is NCc1nnc(SCC(=O)NCCCc2ccccc2)o1. The molecule has 0 saturated carbocycles. The third kappa shape index (κ3) is 5.57. The van der Waals surface area contributed by atoms with Crippen LogP contribution in [0.15, 0.2) is 40.0 Å². The molecule has 0 unspecified atom stereocenters. The van der Waals surface area contributed by atoms with Crippen molar-refractivity contribution in [1.29, 1.82) is 0 Å². The number of thioether (sulfide) groups is 1. The molecule has 1 amide bonds. The lowest BCUT2D eigenvalue weighted by atomic mass is 10.1. The van der Waals surface area contributed by atoms with Gasteiger partial charge in [0.15, 0.2) is 0 Å². The molecule has 1 aromatic heterocycles. The monoisotopic (exact) mass is 306 g/mol. The summed E-state index contributed by atoms with van der Waals surface area (Å²) in [6.45, 7) is 0.866. The first kappa shape index (κ1) is 15.5. The molecule has 0 aliphatic carbocycles. The number of nitrogens with zero attached hydrogens (tertiary/aromatic N) is 2. The maximum absolute atomic E-state index is 11.7. The molecule has 6 nitrogen and oxygen atoms in total. The van der Waals surface area contributed by atoms with E-state index in [1.54, 1.807) is 0 Å². The van der Waals surface area contributed by atoms with Crippen LogP contribution in [0.25, 0.3) is 0 Å². The van der Waals surface area contributed by atoms with Crippen LogP contribution in [0.5, 0.6) is 0 Å².